The molecule has 2 rings (SSSR count). The summed E-state index contributed by atoms with van der Waals surface area (Å²) in [4.78, 5) is 25.1. The zero-order chi connectivity index (χ0) is 20.4. The van der Waals surface area contributed by atoms with Crippen molar-refractivity contribution in [3.05, 3.63) is 37.1 Å². The molecule has 0 atom stereocenters. The molecule has 0 aromatic rings. The lowest BCUT2D eigenvalue weighted by molar-refractivity contribution is -0.147. The van der Waals surface area contributed by atoms with Crippen LogP contribution in [0.5, 0.6) is 0 Å². The molecule has 0 heterocycles. The van der Waals surface area contributed by atoms with Crippen molar-refractivity contribution < 1.29 is 32.7 Å². The van der Waals surface area contributed by atoms with Gasteiger partial charge in [-0.25, -0.2) is 14.2 Å². The maximum Gasteiger partial charge on any atom is 0.469 e. The van der Waals surface area contributed by atoms with E-state index in [2.05, 4.69) is 13.2 Å². The van der Waals surface area contributed by atoms with Crippen LogP contribution < -0.4 is 0 Å². The molecule has 7 nitrogen and oxygen atoms in total. The Hall–Kier alpha value is -2.01. The van der Waals surface area contributed by atoms with Gasteiger partial charge in [-0.2, -0.15) is 0 Å². The third kappa shape index (κ3) is 6.55. The minimum absolute atomic E-state index is 0.215. The summed E-state index contributed by atoms with van der Waals surface area (Å²) in [6.45, 7) is 6.71. The van der Waals surface area contributed by atoms with Crippen molar-refractivity contribution in [2.24, 2.45) is 0 Å². The molecule has 0 aromatic carbocycles. The number of hydrogen-bond acceptors (Lipinski definition) is 7. The summed E-state index contributed by atoms with van der Waals surface area (Å²) in [5.74, 6) is -1.69. The molecule has 2 aliphatic carbocycles. The molecule has 2 saturated carbocycles. The van der Waals surface area contributed by atoms with Gasteiger partial charge in [0, 0.05) is 6.08 Å². The molecule has 0 N–H and O–H groups in total. The van der Waals surface area contributed by atoms with Crippen LogP contribution in [0.3, 0.4) is 0 Å². The molecular formula is C20H29O7P. The topological polar surface area (TPSA) is 88.1 Å². The van der Waals surface area contributed by atoms with Crippen LogP contribution in [-0.4, -0.2) is 24.1 Å². The Balaban J connectivity index is 2.21. The van der Waals surface area contributed by atoms with Gasteiger partial charge in [-0.15, -0.1) is 0 Å². The van der Waals surface area contributed by atoms with Crippen LogP contribution >= 0.6 is 7.60 Å². The molecule has 156 valence electrons. The van der Waals surface area contributed by atoms with Crippen LogP contribution in [0, 0.1) is 0 Å². The molecule has 0 spiro atoms. The highest BCUT2D eigenvalue weighted by Gasteiger charge is 2.40. The first-order chi connectivity index (χ1) is 13.5. The van der Waals surface area contributed by atoms with Gasteiger partial charge in [0.1, 0.15) is 12.2 Å². The van der Waals surface area contributed by atoms with Crippen molar-refractivity contribution in [3.8, 4) is 0 Å². The number of ether oxygens (including phenoxy) is 2. The first kappa shape index (κ1) is 22.3. The molecule has 2 aliphatic rings. The molecule has 0 unspecified atom stereocenters. The SMILES string of the molecule is C=COP(=O)(OC=C)/C(=C/C(=O)OC1CCCCC1)C(=O)OC1CCCCC1. The van der Waals surface area contributed by atoms with Crippen LogP contribution in [0.2, 0.25) is 0 Å². The summed E-state index contributed by atoms with van der Waals surface area (Å²) in [5, 5.41) is -0.515. The van der Waals surface area contributed by atoms with Crippen LogP contribution in [0.25, 0.3) is 0 Å². The van der Waals surface area contributed by atoms with Crippen LogP contribution in [0.4, 0.5) is 0 Å². The highest BCUT2D eigenvalue weighted by molar-refractivity contribution is 7.60. The van der Waals surface area contributed by atoms with E-state index in [1.807, 2.05) is 0 Å². The van der Waals surface area contributed by atoms with E-state index >= 15 is 0 Å². The Bertz CT molecular complexity index is 629. The second kappa shape index (κ2) is 11.1. The minimum Gasteiger partial charge on any atom is -0.459 e. The molecule has 0 amide bonds. The fraction of sp³-hybridized carbons (Fsp3) is 0.600. The van der Waals surface area contributed by atoms with Crippen molar-refractivity contribution >= 4 is 19.5 Å². The molecule has 0 saturated heterocycles. The average molecular weight is 412 g/mol. The first-order valence-corrected chi connectivity index (χ1v) is 11.4. The summed E-state index contributed by atoms with van der Waals surface area (Å²) >= 11 is 0. The van der Waals surface area contributed by atoms with Gasteiger partial charge < -0.3 is 18.5 Å². The number of carbonyl (C=O) groups is 2. The highest BCUT2D eigenvalue weighted by atomic mass is 31.2. The summed E-state index contributed by atoms with van der Waals surface area (Å²) in [6.07, 6.45) is 11.2. The van der Waals surface area contributed by atoms with E-state index in [1.54, 1.807) is 0 Å². The van der Waals surface area contributed by atoms with Gasteiger partial charge in [0.15, 0.2) is 5.31 Å². The van der Waals surface area contributed by atoms with Gasteiger partial charge in [-0.05, 0) is 51.4 Å². The second-order valence-electron chi connectivity index (χ2n) is 6.93. The molecular weight excluding hydrogens is 383 g/mol. The number of esters is 2. The molecule has 0 aliphatic heterocycles. The van der Waals surface area contributed by atoms with Gasteiger partial charge >= 0.3 is 19.5 Å². The summed E-state index contributed by atoms with van der Waals surface area (Å²) in [6, 6.07) is 0. The van der Waals surface area contributed by atoms with Gasteiger partial charge in [-0.3, -0.25) is 0 Å². The van der Waals surface area contributed by atoms with E-state index in [9.17, 15) is 14.2 Å². The Morgan fingerprint density at radius 1 is 0.786 bits per heavy atom. The maximum absolute atomic E-state index is 13.1. The standard InChI is InChI=1S/C20H29O7P/c1-3-24-28(23,25-4-2)18(20(22)27-17-13-9-6-10-14-17)15-19(21)26-16-11-7-5-8-12-16/h3-4,15-17H,1-2,5-14H2/b18-15+. The van der Waals surface area contributed by atoms with Gasteiger partial charge in [0.25, 0.3) is 0 Å². The van der Waals surface area contributed by atoms with E-state index in [-0.39, 0.29) is 12.2 Å². The van der Waals surface area contributed by atoms with E-state index in [0.29, 0.717) is 0 Å². The van der Waals surface area contributed by atoms with Crippen molar-refractivity contribution in [2.45, 2.75) is 76.4 Å². The Labute approximate surface area is 166 Å². The molecule has 28 heavy (non-hydrogen) atoms. The molecule has 0 bridgehead atoms. The summed E-state index contributed by atoms with van der Waals surface area (Å²) < 4.78 is 33.9. The Morgan fingerprint density at radius 3 is 1.71 bits per heavy atom. The Morgan fingerprint density at radius 2 is 1.25 bits per heavy atom. The van der Waals surface area contributed by atoms with Crippen molar-refractivity contribution in [2.75, 3.05) is 0 Å². The fourth-order valence-electron chi connectivity index (χ4n) is 3.47. The van der Waals surface area contributed by atoms with Crippen LogP contribution in [-0.2, 0) is 32.7 Å². The normalized spacial score (nSPS) is 19.4. The Kier molecular flexibility index (Phi) is 8.84. The maximum atomic E-state index is 13.1. The van der Waals surface area contributed by atoms with Crippen molar-refractivity contribution in [1.29, 1.82) is 0 Å². The third-order valence-corrected chi connectivity index (χ3v) is 6.60. The van der Waals surface area contributed by atoms with Gasteiger partial charge in [0.05, 0.1) is 12.5 Å². The van der Waals surface area contributed by atoms with Gasteiger partial charge in [0.2, 0.25) is 0 Å². The highest BCUT2D eigenvalue weighted by Crippen LogP contribution is 2.57. The zero-order valence-corrected chi connectivity index (χ0v) is 17.1. The fourth-order valence-corrected chi connectivity index (χ4v) is 4.68. The quantitative estimate of drug-likeness (QED) is 0.224. The van der Waals surface area contributed by atoms with Crippen LogP contribution in [0.1, 0.15) is 64.2 Å². The van der Waals surface area contributed by atoms with E-state index in [0.717, 1.165) is 82.8 Å². The van der Waals surface area contributed by atoms with Gasteiger partial charge in [-0.1, -0.05) is 26.0 Å². The van der Waals surface area contributed by atoms with E-state index in [1.165, 1.54) is 0 Å². The summed E-state index contributed by atoms with van der Waals surface area (Å²) in [5.41, 5.74) is 0. The smallest absolute Gasteiger partial charge is 0.459 e. The first-order valence-electron chi connectivity index (χ1n) is 9.81. The molecule has 2 fully saturated rings. The number of rotatable bonds is 9. The molecule has 0 aromatic heterocycles. The third-order valence-electron chi connectivity index (χ3n) is 4.85. The lowest BCUT2D eigenvalue weighted by atomic mass is 9.98. The van der Waals surface area contributed by atoms with Crippen molar-refractivity contribution in [1.82, 2.24) is 0 Å². The lowest BCUT2D eigenvalue weighted by Crippen LogP contribution is -2.24. The predicted molar refractivity (Wildman–Crippen MR) is 104 cm³/mol. The van der Waals surface area contributed by atoms with Crippen molar-refractivity contribution in [3.63, 3.8) is 0 Å². The monoisotopic (exact) mass is 412 g/mol. The zero-order valence-electron chi connectivity index (χ0n) is 16.2. The number of carbonyl (C=O) groups excluding carboxylic acids is 2. The average Bonchev–Trinajstić information content (AvgIpc) is 2.68. The van der Waals surface area contributed by atoms with E-state index in [4.69, 9.17) is 18.5 Å². The second-order valence-corrected chi connectivity index (χ2v) is 8.83. The molecule has 8 heteroatoms. The lowest BCUT2D eigenvalue weighted by Gasteiger charge is -2.24. The summed E-state index contributed by atoms with van der Waals surface area (Å²) in [7, 11) is -4.21. The molecule has 0 radical (unpaired) electrons. The largest absolute Gasteiger partial charge is 0.469 e. The number of hydrogen-bond donors (Lipinski definition) is 0. The minimum atomic E-state index is -4.21. The van der Waals surface area contributed by atoms with E-state index < -0.39 is 24.8 Å². The van der Waals surface area contributed by atoms with Crippen LogP contribution in [0.15, 0.2) is 37.1 Å². The predicted octanol–water partition coefficient (Wildman–Crippen LogP) is 5.14.